The number of benzene rings is 1. The normalized spacial score (nSPS) is 17.5. The second kappa shape index (κ2) is 8.01. The summed E-state index contributed by atoms with van der Waals surface area (Å²) in [6, 6.07) is 9.50. The van der Waals surface area contributed by atoms with E-state index in [2.05, 4.69) is 43.3 Å². The number of nitrogens with one attached hydrogen (secondary N) is 1. The fourth-order valence-corrected chi connectivity index (χ4v) is 3.92. The lowest BCUT2D eigenvalue weighted by molar-refractivity contribution is -0.0769. The molecule has 1 aliphatic heterocycles. The van der Waals surface area contributed by atoms with Crippen molar-refractivity contribution >= 4 is 28.3 Å². The number of hydrogen-bond acceptors (Lipinski definition) is 7. The Hall–Kier alpha value is -1.84. The first kappa shape index (κ1) is 22.8. The molecule has 1 aromatic carbocycles. The van der Waals surface area contributed by atoms with Gasteiger partial charge in [0.05, 0.1) is 0 Å². The van der Waals surface area contributed by atoms with E-state index in [0.717, 1.165) is 10.0 Å². The lowest BCUT2D eigenvalue weighted by Gasteiger charge is -2.52. The van der Waals surface area contributed by atoms with E-state index < -0.39 is 16.6 Å². The zero-order valence-corrected chi connectivity index (χ0v) is 19.3. The van der Waals surface area contributed by atoms with Crippen LogP contribution in [0.5, 0.6) is 0 Å². The molecule has 0 aliphatic carbocycles. The van der Waals surface area contributed by atoms with Gasteiger partial charge in [0.2, 0.25) is 5.82 Å². The van der Waals surface area contributed by atoms with Gasteiger partial charge in [0.15, 0.2) is 0 Å². The summed E-state index contributed by atoms with van der Waals surface area (Å²) in [5, 5.41) is 29.4. The summed E-state index contributed by atoms with van der Waals surface area (Å²) in [7, 11) is 0. The molecule has 1 fully saturated rings. The second-order valence-electron chi connectivity index (χ2n) is 8.33. The van der Waals surface area contributed by atoms with Crippen molar-refractivity contribution < 1.29 is 14.7 Å². The quantitative estimate of drug-likeness (QED) is 0.498. The Balaban J connectivity index is 0.00000256. The average molecular weight is 496 g/mol. The van der Waals surface area contributed by atoms with E-state index in [1.54, 1.807) is 26.2 Å². The number of rotatable bonds is 5. The van der Waals surface area contributed by atoms with Gasteiger partial charge in [-0.25, -0.2) is 0 Å². The van der Waals surface area contributed by atoms with Gasteiger partial charge in [-0.2, -0.15) is 4.98 Å². The number of aromatic nitrogens is 3. The maximum atomic E-state index is 12.0. The minimum atomic E-state index is -1.26. The minimum Gasteiger partial charge on any atom is -0.381 e. The first-order chi connectivity index (χ1) is 13.6. The minimum absolute atomic E-state index is 0. The molecule has 160 valence electrons. The van der Waals surface area contributed by atoms with E-state index in [0.29, 0.717) is 30.0 Å². The Morgan fingerprint density at radius 1 is 1.10 bits per heavy atom. The summed E-state index contributed by atoms with van der Waals surface area (Å²) in [5.74, 6) is 0.433. The Kier molecular flexibility index (Phi) is 6.10. The van der Waals surface area contributed by atoms with Gasteiger partial charge in [-0.1, -0.05) is 40.1 Å². The Labute approximate surface area is 189 Å². The van der Waals surface area contributed by atoms with Crippen LogP contribution in [0.4, 0.5) is 0 Å². The molecule has 0 bridgehead atoms. The number of halogens is 2. The number of hydrogen-bond donors (Lipinski definition) is 3. The maximum Gasteiger partial charge on any atom is 0.258 e. The van der Waals surface area contributed by atoms with Gasteiger partial charge >= 0.3 is 0 Å². The van der Waals surface area contributed by atoms with E-state index >= 15 is 0 Å². The third-order valence-corrected chi connectivity index (χ3v) is 6.06. The first-order valence-corrected chi connectivity index (χ1v) is 10.1. The molecule has 0 unspecified atom stereocenters. The lowest BCUT2D eigenvalue weighted by atomic mass is 9.63. The van der Waals surface area contributed by atoms with Crippen LogP contribution in [0.3, 0.4) is 0 Å². The SMILES string of the molecule is CC(C)(O)c1nc(-c2cncc([C@@](O)(c3ccc(Br)cc3)C3(C)CNC3)c2)no1.Cl. The fourth-order valence-electron chi connectivity index (χ4n) is 3.66. The van der Waals surface area contributed by atoms with Crippen LogP contribution in [0.2, 0.25) is 0 Å². The van der Waals surface area contributed by atoms with Gasteiger partial charge in [0, 0.05) is 46.5 Å². The topological polar surface area (TPSA) is 104 Å². The van der Waals surface area contributed by atoms with Crippen molar-refractivity contribution in [3.05, 3.63) is 64.2 Å². The van der Waals surface area contributed by atoms with Crippen molar-refractivity contribution in [2.75, 3.05) is 13.1 Å². The highest BCUT2D eigenvalue weighted by molar-refractivity contribution is 9.10. The molecular formula is C21H24BrClN4O3. The molecule has 0 spiro atoms. The van der Waals surface area contributed by atoms with Gasteiger partial charge in [-0.15, -0.1) is 12.4 Å². The van der Waals surface area contributed by atoms with E-state index in [1.807, 2.05) is 30.3 Å². The van der Waals surface area contributed by atoms with Crippen LogP contribution in [-0.4, -0.2) is 38.4 Å². The van der Waals surface area contributed by atoms with Crippen LogP contribution < -0.4 is 5.32 Å². The summed E-state index contributed by atoms with van der Waals surface area (Å²) in [6.45, 7) is 6.56. The van der Waals surface area contributed by atoms with E-state index in [9.17, 15) is 10.2 Å². The first-order valence-electron chi connectivity index (χ1n) is 9.35. The highest BCUT2D eigenvalue weighted by atomic mass is 79.9. The molecule has 7 nitrogen and oxygen atoms in total. The van der Waals surface area contributed by atoms with Crippen molar-refractivity contribution in [2.24, 2.45) is 5.41 Å². The molecule has 0 amide bonds. The van der Waals surface area contributed by atoms with Crippen LogP contribution in [0.15, 0.2) is 51.7 Å². The maximum absolute atomic E-state index is 12.0. The van der Waals surface area contributed by atoms with Crippen LogP contribution >= 0.6 is 28.3 Å². The Morgan fingerprint density at radius 3 is 2.30 bits per heavy atom. The van der Waals surface area contributed by atoms with E-state index in [1.165, 1.54) is 0 Å². The van der Waals surface area contributed by atoms with Crippen molar-refractivity contribution in [2.45, 2.75) is 32.0 Å². The van der Waals surface area contributed by atoms with Crippen LogP contribution in [0.1, 0.15) is 37.8 Å². The van der Waals surface area contributed by atoms with Gasteiger partial charge in [-0.05, 0) is 37.6 Å². The third kappa shape index (κ3) is 3.78. The van der Waals surface area contributed by atoms with Crippen molar-refractivity contribution in [3.8, 4) is 11.4 Å². The zero-order chi connectivity index (χ0) is 20.9. The van der Waals surface area contributed by atoms with Crippen LogP contribution in [-0.2, 0) is 11.2 Å². The fraction of sp³-hybridized carbons (Fsp3) is 0.381. The average Bonchev–Trinajstić information content (AvgIpc) is 3.17. The molecule has 30 heavy (non-hydrogen) atoms. The molecule has 4 rings (SSSR count). The van der Waals surface area contributed by atoms with Crippen molar-refractivity contribution in [3.63, 3.8) is 0 Å². The van der Waals surface area contributed by atoms with Gasteiger partial charge in [-0.3, -0.25) is 4.98 Å². The molecule has 9 heteroatoms. The van der Waals surface area contributed by atoms with Crippen LogP contribution in [0.25, 0.3) is 11.4 Å². The summed E-state index contributed by atoms with van der Waals surface area (Å²) >= 11 is 3.46. The summed E-state index contributed by atoms with van der Waals surface area (Å²) in [5.41, 5.74) is -0.862. The van der Waals surface area contributed by atoms with Gasteiger partial charge in [0.1, 0.15) is 11.2 Å². The highest BCUT2D eigenvalue weighted by Gasteiger charge is 2.53. The molecule has 3 heterocycles. The van der Waals surface area contributed by atoms with Gasteiger partial charge in [0.25, 0.3) is 5.89 Å². The van der Waals surface area contributed by atoms with E-state index in [-0.39, 0.29) is 18.3 Å². The molecule has 0 radical (unpaired) electrons. The summed E-state index contributed by atoms with van der Waals surface area (Å²) < 4.78 is 6.13. The monoisotopic (exact) mass is 494 g/mol. The molecular weight excluding hydrogens is 472 g/mol. The van der Waals surface area contributed by atoms with Crippen molar-refractivity contribution in [1.82, 2.24) is 20.4 Å². The molecule has 1 aliphatic rings. The molecule has 1 atom stereocenters. The number of nitrogens with zero attached hydrogens (tertiary/aromatic N) is 3. The molecule has 3 aromatic rings. The molecule has 1 saturated heterocycles. The Bertz CT molecular complexity index is 1030. The molecule has 0 saturated carbocycles. The number of pyridine rings is 1. The predicted octanol–water partition coefficient (Wildman–Crippen LogP) is 3.39. The summed E-state index contributed by atoms with van der Waals surface area (Å²) in [4.78, 5) is 8.63. The van der Waals surface area contributed by atoms with Crippen LogP contribution in [0, 0.1) is 5.41 Å². The van der Waals surface area contributed by atoms with E-state index in [4.69, 9.17) is 4.52 Å². The van der Waals surface area contributed by atoms with Crippen molar-refractivity contribution in [1.29, 1.82) is 0 Å². The van der Waals surface area contributed by atoms with Gasteiger partial charge < -0.3 is 20.1 Å². The number of aliphatic hydroxyl groups is 2. The zero-order valence-electron chi connectivity index (χ0n) is 16.9. The highest BCUT2D eigenvalue weighted by Crippen LogP contribution is 2.48. The Morgan fingerprint density at radius 2 is 1.77 bits per heavy atom. The standard InChI is InChI=1S/C21H23BrN4O3.ClH/c1-19(2,27)18-25-17(26-29-18)13-8-15(10-23-9-13)21(28,20(3)11-24-12-20)14-4-6-16(22)7-5-14;/h4-10,24,27-28H,11-12H2,1-3H3;1H/t21-;/m0./s1. The predicted molar refractivity (Wildman–Crippen MR) is 118 cm³/mol. The summed E-state index contributed by atoms with van der Waals surface area (Å²) in [6.07, 6.45) is 3.29. The third-order valence-electron chi connectivity index (χ3n) is 5.53. The molecule has 3 N–H and O–H groups in total. The largest absolute Gasteiger partial charge is 0.381 e. The second-order valence-corrected chi connectivity index (χ2v) is 9.24. The molecule has 2 aromatic heterocycles. The smallest absolute Gasteiger partial charge is 0.258 e. The lowest BCUT2D eigenvalue weighted by Crippen LogP contribution is -2.63.